The third-order valence-electron chi connectivity index (χ3n) is 2.97. The fraction of sp³-hybridized carbons (Fsp3) is 0.500. The zero-order valence-electron chi connectivity index (χ0n) is 9.79. The predicted octanol–water partition coefficient (Wildman–Crippen LogP) is 2.09. The van der Waals surface area contributed by atoms with Gasteiger partial charge >= 0.3 is 0 Å². The molecule has 1 unspecified atom stereocenters. The smallest absolute Gasteiger partial charge is 0.229 e. The van der Waals surface area contributed by atoms with Gasteiger partial charge in [0.2, 0.25) is 5.91 Å². The summed E-state index contributed by atoms with van der Waals surface area (Å²) in [6, 6.07) is 1.87. The van der Waals surface area contributed by atoms with Gasteiger partial charge in [-0.1, -0.05) is 0 Å². The van der Waals surface area contributed by atoms with Gasteiger partial charge < -0.3 is 10.6 Å². The highest BCUT2D eigenvalue weighted by Gasteiger charge is 2.21. The maximum atomic E-state index is 12.0. The number of carbonyl (C=O) groups excluding carboxylic acids is 1. The molecule has 0 radical (unpaired) electrons. The maximum absolute atomic E-state index is 12.0. The van der Waals surface area contributed by atoms with Gasteiger partial charge in [0.25, 0.3) is 0 Å². The zero-order chi connectivity index (χ0) is 12.3. The van der Waals surface area contributed by atoms with Gasteiger partial charge in [0.15, 0.2) is 0 Å². The lowest BCUT2D eigenvalue weighted by molar-refractivity contribution is -0.120. The van der Waals surface area contributed by atoms with E-state index in [2.05, 4.69) is 31.5 Å². The molecule has 1 atom stereocenters. The molecule has 1 aliphatic heterocycles. The van der Waals surface area contributed by atoms with Crippen LogP contribution in [0.5, 0.6) is 0 Å². The molecular formula is C12H16BrN3O. The number of nitrogens with one attached hydrogen (secondary N) is 2. The van der Waals surface area contributed by atoms with E-state index in [1.54, 1.807) is 6.20 Å². The quantitative estimate of drug-likeness (QED) is 0.879. The minimum Gasteiger partial charge on any atom is -0.316 e. The summed E-state index contributed by atoms with van der Waals surface area (Å²) in [7, 11) is 0. The van der Waals surface area contributed by atoms with Crippen molar-refractivity contribution in [2.45, 2.75) is 19.8 Å². The molecule has 1 fully saturated rings. The second-order valence-electron chi connectivity index (χ2n) is 4.35. The number of carbonyl (C=O) groups is 1. The van der Waals surface area contributed by atoms with E-state index in [1.165, 1.54) is 0 Å². The van der Waals surface area contributed by atoms with Crippen LogP contribution in [0.4, 0.5) is 5.82 Å². The molecule has 17 heavy (non-hydrogen) atoms. The van der Waals surface area contributed by atoms with E-state index < -0.39 is 0 Å². The predicted molar refractivity (Wildman–Crippen MR) is 70.9 cm³/mol. The molecular weight excluding hydrogens is 282 g/mol. The molecule has 1 amide bonds. The lowest BCUT2D eigenvalue weighted by atomic mass is 9.99. The minimum absolute atomic E-state index is 0.0615. The monoisotopic (exact) mass is 297 g/mol. The number of anilines is 1. The van der Waals surface area contributed by atoms with Crippen LogP contribution in [0.15, 0.2) is 16.7 Å². The van der Waals surface area contributed by atoms with Crippen LogP contribution in [0, 0.1) is 12.8 Å². The van der Waals surface area contributed by atoms with Crippen LogP contribution in [0.2, 0.25) is 0 Å². The third-order valence-corrected chi connectivity index (χ3v) is 3.80. The summed E-state index contributed by atoms with van der Waals surface area (Å²) in [5.41, 5.74) is 1.07. The summed E-state index contributed by atoms with van der Waals surface area (Å²) >= 11 is 3.39. The Bertz CT molecular complexity index is 416. The fourth-order valence-electron chi connectivity index (χ4n) is 1.91. The first-order valence-corrected chi connectivity index (χ1v) is 6.60. The summed E-state index contributed by atoms with van der Waals surface area (Å²) in [4.78, 5) is 16.1. The molecule has 0 saturated carbocycles. The standard InChI is InChI=1S/C12H16BrN3O/c1-8-5-11(15-7-10(8)13)16-12(17)9-3-2-4-14-6-9/h5,7,9,14H,2-4,6H2,1H3,(H,15,16,17). The zero-order valence-corrected chi connectivity index (χ0v) is 11.4. The second-order valence-corrected chi connectivity index (χ2v) is 5.21. The molecule has 2 N–H and O–H groups in total. The van der Waals surface area contributed by atoms with E-state index in [0.29, 0.717) is 5.82 Å². The van der Waals surface area contributed by atoms with Crippen molar-refractivity contribution in [1.29, 1.82) is 0 Å². The molecule has 0 spiro atoms. The molecule has 5 heteroatoms. The van der Waals surface area contributed by atoms with Crippen LogP contribution in [-0.4, -0.2) is 24.0 Å². The number of rotatable bonds is 2. The lowest BCUT2D eigenvalue weighted by Gasteiger charge is -2.21. The van der Waals surface area contributed by atoms with Crippen LogP contribution in [-0.2, 0) is 4.79 Å². The van der Waals surface area contributed by atoms with Crippen molar-refractivity contribution in [2.75, 3.05) is 18.4 Å². The first-order valence-electron chi connectivity index (χ1n) is 5.80. The van der Waals surface area contributed by atoms with Crippen LogP contribution >= 0.6 is 15.9 Å². The molecule has 92 valence electrons. The molecule has 0 bridgehead atoms. The molecule has 0 aliphatic carbocycles. The van der Waals surface area contributed by atoms with Crippen molar-refractivity contribution in [3.63, 3.8) is 0 Å². The van der Waals surface area contributed by atoms with E-state index in [4.69, 9.17) is 0 Å². The number of amides is 1. The van der Waals surface area contributed by atoms with Crippen molar-refractivity contribution < 1.29 is 4.79 Å². The van der Waals surface area contributed by atoms with E-state index in [9.17, 15) is 4.79 Å². The van der Waals surface area contributed by atoms with Gasteiger partial charge in [-0.2, -0.15) is 0 Å². The van der Waals surface area contributed by atoms with Gasteiger partial charge in [-0.25, -0.2) is 4.98 Å². The van der Waals surface area contributed by atoms with Crippen molar-refractivity contribution in [3.8, 4) is 0 Å². The molecule has 1 aromatic heterocycles. The number of aromatic nitrogens is 1. The fourth-order valence-corrected chi connectivity index (χ4v) is 2.13. The average Bonchev–Trinajstić information content (AvgIpc) is 2.35. The minimum atomic E-state index is 0.0615. The summed E-state index contributed by atoms with van der Waals surface area (Å²) in [6.45, 7) is 3.75. The van der Waals surface area contributed by atoms with Crippen LogP contribution in [0.1, 0.15) is 18.4 Å². The molecule has 2 heterocycles. The highest BCUT2D eigenvalue weighted by Crippen LogP contribution is 2.18. The highest BCUT2D eigenvalue weighted by molar-refractivity contribution is 9.10. The SMILES string of the molecule is Cc1cc(NC(=O)C2CCCNC2)ncc1Br. The molecule has 1 aromatic rings. The van der Waals surface area contributed by atoms with Crippen molar-refractivity contribution >= 4 is 27.7 Å². The summed E-state index contributed by atoms with van der Waals surface area (Å²) in [5, 5.41) is 6.10. The first kappa shape index (κ1) is 12.5. The summed E-state index contributed by atoms with van der Waals surface area (Å²) in [6.07, 6.45) is 3.73. The van der Waals surface area contributed by atoms with Crippen molar-refractivity contribution in [3.05, 3.63) is 22.3 Å². The lowest BCUT2D eigenvalue weighted by Crippen LogP contribution is -2.37. The van der Waals surface area contributed by atoms with Gasteiger partial charge in [0.05, 0.1) is 5.92 Å². The Kier molecular flexibility index (Phi) is 4.12. The van der Waals surface area contributed by atoms with Crippen molar-refractivity contribution in [2.24, 2.45) is 5.92 Å². The molecule has 1 saturated heterocycles. The van der Waals surface area contributed by atoms with Crippen LogP contribution in [0.3, 0.4) is 0 Å². The Labute approximate surface area is 109 Å². The Hall–Kier alpha value is -0.940. The number of aryl methyl sites for hydroxylation is 1. The van der Waals surface area contributed by atoms with Gasteiger partial charge in [-0.05, 0) is 53.9 Å². The number of halogens is 1. The number of hydrogen-bond donors (Lipinski definition) is 2. The Morgan fingerprint density at radius 2 is 2.47 bits per heavy atom. The molecule has 1 aliphatic rings. The van der Waals surface area contributed by atoms with E-state index >= 15 is 0 Å². The summed E-state index contributed by atoms with van der Waals surface area (Å²) in [5.74, 6) is 0.752. The highest BCUT2D eigenvalue weighted by atomic mass is 79.9. The largest absolute Gasteiger partial charge is 0.316 e. The van der Waals surface area contributed by atoms with Gasteiger partial charge in [0, 0.05) is 17.2 Å². The number of piperidine rings is 1. The third kappa shape index (κ3) is 3.26. The number of pyridine rings is 1. The maximum Gasteiger partial charge on any atom is 0.229 e. The Balaban J connectivity index is 1.99. The summed E-state index contributed by atoms with van der Waals surface area (Å²) < 4.78 is 0.954. The van der Waals surface area contributed by atoms with E-state index in [1.807, 2.05) is 13.0 Å². The molecule has 0 aromatic carbocycles. The van der Waals surface area contributed by atoms with Gasteiger partial charge in [-0.3, -0.25) is 4.79 Å². The Morgan fingerprint density at radius 1 is 1.65 bits per heavy atom. The van der Waals surface area contributed by atoms with Gasteiger partial charge in [-0.15, -0.1) is 0 Å². The molecule has 4 nitrogen and oxygen atoms in total. The van der Waals surface area contributed by atoms with E-state index in [0.717, 1.165) is 36.0 Å². The Morgan fingerprint density at radius 3 is 3.12 bits per heavy atom. The van der Waals surface area contributed by atoms with Crippen LogP contribution in [0.25, 0.3) is 0 Å². The normalized spacial score (nSPS) is 20.0. The number of nitrogens with zero attached hydrogens (tertiary/aromatic N) is 1. The second kappa shape index (κ2) is 5.60. The van der Waals surface area contributed by atoms with E-state index in [-0.39, 0.29) is 11.8 Å². The van der Waals surface area contributed by atoms with Gasteiger partial charge in [0.1, 0.15) is 5.82 Å². The number of hydrogen-bond acceptors (Lipinski definition) is 3. The first-order chi connectivity index (χ1) is 8.16. The average molecular weight is 298 g/mol. The topological polar surface area (TPSA) is 54.0 Å². The van der Waals surface area contributed by atoms with Crippen LogP contribution < -0.4 is 10.6 Å². The van der Waals surface area contributed by atoms with Crippen molar-refractivity contribution in [1.82, 2.24) is 10.3 Å². The molecule has 2 rings (SSSR count).